The Morgan fingerprint density at radius 3 is 2.82 bits per heavy atom. The number of amides is 1. The molecule has 2 aliphatic heterocycles. The molecule has 0 aromatic carbocycles. The van der Waals surface area contributed by atoms with Crippen LogP contribution < -0.4 is 4.74 Å². The summed E-state index contributed by atoms with van der Waals surface area (Å²) in [5.74, 6) is 0.838. The van der Waals surface area contributed by atoms with Crippen LogP contribution >= 0.6 is 0 Å². The molecule has 6 heteroatoms. The van der Waals surface area contributed by atoms with E-state index in [1.807, 2.05) is 4.90 Å². The Labute approximate surface area is 131 Å². The molecule has 1 aromatic heterocycles. The number of carbonyl (C=O) groups excluding carboxylic acids is 1. The van der Waals surface area contributed by atoms with Crippen molar-refractivity contribution in [3.63, 3.8) is 0 Å². The summed E-state index contributed by atoms with van der Waals surface area (Å²) >= 11 is 0. The van der Waals surface area contributed by atoms with E-state index >= 15 is 0 Å². The highest BCUT2D eigenvalue weighted by molar-refractivity contribution is 5.78. The molecule has 1 atom stereocenters. The molecule has 0 spiro atoms. The van der Waals surface area contributed by atoms with E-state index in [0.717, 1.165) is 45.6 Å². The second kappa shape index (κ2) is 7.54. The highest BCUT2D eigenvalue weighted by atomic mass is 16.5. The van der Waals surface area contributed by atoms with Gasteiger partial charge in [0.15, 0.2) is 0 Å². The number of piperidine rings is 1. The van der Waals surface area contributed by atoms with Crippen molar-refractivity contribution >= 4 is 5.91 Å². The van der Waals surface area contributed by atoms with E-state index < -0.39 is 0 Å². The van der Waals surface area contributed by atoms with Crippen molar-refractivity contribution in [2.24, 2.45) is 5.92 Å². The van der Waals surface area contributed by atoms with E-state index in [1.165, 1.54) is 12.8 Å². The zero-order valence-electron chi connectivity index (χ0n) is 13.0. The lowest BCUT2D eigenvalue weighted by atomic mass is 9.99. The van der Waals surface area contributed by atoms with Crippen LogP contribution in [0.1, 0.15) is 25.7 Å². The lowest BCUT2D eigenvalue weighted by molar-refractivity contribution is -0.127. The number of carbonyl (C=O) groups is 1. The maximum absolute atomic E-state index is 11.6. The van der Waals surface area contributed by atoms with E-state index in [2.05, 4.69) is 14.9 Å². The molecule has 2 saturated heterocycles. The van der Waals surface area contributed by atoms with Crippen LogP contribution in [0.15, 0.2) is 18.5 Å². The first kappa shape index (κ1) is 15.2. The van der Waals surface area contributed by atoms with Crippen LogP contribution in [-0.2, 0) is 4.79 Å². The molecule has 3 heterocycles. The molecule has 1 aromatic rings. The van der Waals surface area contributed by atoms with Gasteiger partial charge in [0.2, 0.25) is 5.91 Å². The maximum atomic E-state index is 11.6. The minimum Gasteiger partial charge on any atom is -0.463 e. The van der Waals surface area contributed by atoms with Gasteiger partial charge in [0.05, 0.1) is 6.61 Å². The molecule has 1 unspecified atom stereocenters. The van der Waals surface area contributed by atoms with Crippen LogP contribution in [0.4, 0.5) is 0 Å². The van der Waals surface area contributed by atoms with Crippen LogP contribution in [0.2, 0.25) is 0 Å². The summed E-state index contributed by atoms with van der Waals surface area (Å²) in [6.45, 7) is 5.61. The van der Waals surface area contributed by atoms with Crippen LogP contribution in [0.3, 0.4) is 0 Å². The SMILES string of the molecule is O=C1CCCN1CCN1CCCC(COc2ncccn2)C1. The van der Waals surface area contributed by atoms with Crippen molar-refractivity contribution < 1.29 is 9.53 Å². The van der Waals surface area contributed by atoms with Gasteiger partial charge in [0, 0.05) is 50.9 Å². The van der Waals surface area contributed by atoms with Gasteiger partial charge in [-0.15, -0.1) is 0 Å². The number of hydrogen-bond acceptors (Lipinski definition) is 5. The summed E-state index contributed by atoms with van der Waals surface area (Å²) in [6.07, 6.45) is 7.52. The molecule has 0 radical (unpaired) electrons. The zero-order valence-corrected chi connectivity index (χ0v) is 13.0. The summed E-state index contributed by atoms with van der Waals surface area (Å²) in [4.78, 5) is 24.3. The smallest absolute Gasteiger partial charge is 0.316 e. The van der Waals surface area contributed by atoms with Crippen molar-refractivity contribution in [3.8, 4) is 6.01 Å². The van der Waals surface area contributed by atoms with Crippen LogP contribution in [0, 0.1) is 5.92 Å². The van der Waals surface area contributed by atoms with Crippen molar-refractivity contribution in [3.05, 3.63) is 18.5 Å². The van der Waals surface area contributed by atoms with Crippen LogP contribution in [0.5, 0.6) is 6.01 Å². The first-order valence-electron chi connectivity index (χ1n) is 8.21. The van der Waals surface area contributed by atoms with E-state index in [4.69, 9.17) is 4.74 Å². The highest BCUT2D eigenvalue weighted by Gasteiger charge is 2.24. The van der Waals surface area contributed by atoms with Gasteiger partial charge in [-0.25, -0.2) is 9.97 Å². The lowest BCUT2D eigenvalue weighted by Gasteiger charge is -2.33. The maximum Gasteiger partial charge on any atom is 0.316 e. The monoisotopic (exact) mass is 304 g/mol. The summed E-state index contributed by atoms with van der Waals surface area (Å²) in [6, 6.07) is 2.25. The number of rotatable bonds is 6. The molecular weight excluding hydrogens is 280 g/mol. The molecule has 0 N–H and O–H groups in total. The largest absolute Gasteiger partial charge is 0.463 e. The van der Waals surface area contributed by atoms with Crippen molar-refractivity contribution in [2.45, 2.75) is 25.7 Å². The second-order valence-electron chi connectivity index (χ2n) is 6.14. The average Bonchev–Trinajstić information content (AvgIpc) is 2.98. The number of hydrogen-bond donors (Lipinski definition) is 0. The Kier molecular flexibility index (Phi) is 5.21. The van der Waals surface area contributed by atoms with E-state index in [-0.39, 0.29) is 0 Å². The number of nitrogens with zero attached hydrogens (tertiary/aromatic N) is 4. The lowest BCUT2D eigenvalue weighted by Crippen LogP contribution is -2.42. The normalized spacial score (nSPS) is 23.0. The molecule has 0 bridgehead atoms. The summed E-state index contributed by atoms with van der Waals surface area (Å²) < 4.78 is 5.68. The Morgan fingerprint density at radius 1 is 1.18 bits per heavy atom. The summed E-state index contributed by atoms with van der Waals surface area (Å²) in [5.41, 5.74) is 0. The Morgan fingerprint density at radius 2 is 2.05 bits per heavy atom. The van der Waals surface area contributed by atoms with Gasteiger partial charge in [-0.05, 0) is 31.9 Å². The molecule has 3 rings (SSSR count). The first-order valence-corrected chi connectivity index (χ1v) is 8.21. The zero-order chi connectivity index (χ0) is 15.2. The van der Waals surface area contributed by atoms with Gasteiger partial charge < -0.3 is 14.5 Å². The fraction of sp³-hybridized carbons (Fsp3) is 0.688. The van der Waals surface area contributed by atoms with Crippen molar-refractivity contribution in [1.29, 1.82) is 0 Å². The van der Waals surface area contributed by atoms with E-state index in [1.54, 1.807) is 18.5 Å². The predicted molar refractivity (Wildman–Crippen MR) is 82.5 cm³/mol. The third-order valence-corrected chi connectivity index (χ3v) is 4.45. The summed E-state index contributed by atoms with van der Waals surface area (Å²) in [7, 11) is 0. The molecule has 1 amide bonds. The third kappa shape index (κ3) is 4.16. The van der Waals surface area contributed by atoms with Gasteiger partial charge in [0.1, 0.15) is 0 Å². The Hall–Kier alpha value is -1.69. The molecule has 0 aliphatic carbocycles. The van der Waals surface area contributed by atoms with Crippen LogP contribution in [0.25, 0.3) is 0 Å². The van der Waals surface area contributed by atoms with Gasteiger partial charge in [-0.3, -0.25) is 4.79 Å². The molecule has 0 saturated carbocycles. The molecule has 6 nitrogen and oxygen atoms in total. The second-order valence-corrected chi connectivity index (χ2v) is 6.14. The average molecular weight is 304 g/mol. The first-order chi connectivity index (χ1) is 10.8. The number of aromatic nitrogens is 2. The van der Waals surface area contributed by atoms with Crippen molar-refractivity contribution in [2.75, 3.05) is 39.3 Å². The van der Waals surface area contributed by atoms with E-state index in [0.29, 0.717) is 24.4 Å². The summed E-state index contributed by atoms with van der Waals surface area (Å²) in [5, 5.41) is 0. The minimum absolute atomic E-state index is 0.318. The molecular formula is C16H24N4O2. The van der Waals surface area contributed by atoms with Gasteiger partial charge in [-0.2, -0.15) is 0 Å². The quantitative estimate of drug-likeness (QED) is 0.790. The number of ether oxygens (including phenoxy) is 1. The molecule has 22 heavy (non-hydrogen) atoms. The standard InChI is InChI=1S/C16H24N4O2/c21-15-5-2-9-20(15)11-10-19-8-1-4-14(12-19)13-22-16-17-6-3-7-18-16/h3,6-7,14H,1-2,4-5,8-13H2. The van der Waals surface area contributed by atoms with Crippen molar-refractivity contribution in [1.82, 2.24) is 19.8 Å². The minimum atomic E-state index is 0.318. The van der Waals surface area contributed by atoms with Gasteiger partial charge in [0.25, 0.3) is 0 Å². The fourth-order valence-corrected chi connectivity index (χ4v) is 3.25. The highest BCUT2D eigenvalue weighted by Crippen LogP contribution is 2.18. The Bertz CT molecular complexity index is 482. The fourth-order valence-electron chi connectivity index (χ4n) is 3.25. The van der Waals surface area contributed by atoms with Gasteiger partial charge in [-0.1, -0.05) is 0 Å². The Balaban J connectivity index is 1.40. The molecule has 2 fully saturated rings. The van der Waals surface area contributed by atoms with Gasteiger partial charge >= 0.3 is 6.01 Å². The molecule has 120 valence electrons. The van der Waals surface area contributed by atoms with E-state index in [9.17, 15) is 4.79 Å². The topological polar surface area (TPSA) is 58.6 Å². The third-order valence-electron chi connectivity index (χ3n) is 4.45. The number of likely N-dealkylation sites (tertiary alicyclic amines) is 2. The predicted octanol–water partition coefficient (Wildman–Crippen LogP) is 1.19. The molecule has 2 aliphatic rings. The van der Waals surface area contributed by atoms with Crippen LogP contribution in [-0.4, -0.2) is 65.0 Å².